The third-order valence-electron chi connectivity index (χ3n) is 10.6. The van der Waals surface area contributed by atoms with Gasteiger partial charge in [-0.25, -0.2) is 29.9 Å². The normalized spacial score (nSPS) is 12.6. The number of aromatic nitrogens is 8. The fraction of sp³-hybridized carbons (Fsp3) is 0.289. The third kappa shape index (κ3) is 7.46. The highest BCUT2D eigenvalue weighted by molar-refractivity contribution is 7.85. The SMILES string of the molecule is CCCCc1cnc2c3c(c4nc(-c5cccc6c5Oc5c(c7nccnc7c7nc(CC)cnc57)N6)c(CCCC)nc4c2n1)Nc1ccccc1O3.CCCS(=O)(=O)O. The Labute approximate surface area is 352 Å². The van der Waals surface area contributed by atoms with Crippen molar-refractivity contribution in [2.24, 2.45) is 0 Å². The summed E-state index contributed by atoms with van der Waals surface area (Å²) < 4.78 is 41.1. The summed E-state index contributed by atoms with van der Waals surface area (Å²) in [5.74, 6) is 2.32. The van der Waals surface area contributed by atoms with Gasteiger partial charge in [-0.3, -0.25) is 14.5 Å². The van der Waals surface area contributed by atoms with Crippen molar-refractivity contribution in [2.75, 3.05) is 16.4 Å². The Hall–Kier alpha value is -6.65. The number of benzene rings is 4. The molecule has 0 amide bonds. The largest absolute Gasteiger partial charge is 0.451 e. The molecule has 3 N–H and O–H groups in total. The van der Waals surface area contributed by atoms with Crippen LogP contribution in [-0.4, -0.2) is 58.6 Å². The topological polar surface area (TPSA) is 200 Å². The highest BCUT2D eigenvalue weighted by Crippen LogP contribution is 2.53. The quantitative estimate of drug-likeness (QED) is 0.0867. The van der Waals surface area contributed by atoms with E-state index in [1.54, 1.807) is 25.5 Å². The van der Waals surface area contributed by atoms with Crippen molar-refractivity contribution in [3.8, 4) is 34.3 Å². The number of hydrogen-bond acceptors (Lipinski definition) is 14. The lowest BCUT2D eigenvalue weighted by Crippen LogP contribution is -2.10. The number of hydrogen-bond donors (Lipinski definition) is 3. The molecular formula is C45H44N10O5S. The van der Waals surface area contributed by atoms with Gasteiger partial charge in [0.25, 0.3) is 10.1 Å². The summed E-state index contributed by atoms with van der Waals surface area (Å²) in [5, 5.41) is 7.25. The number of anilines is 4. The van der Waals surface area contributed by atoms with Crippen LogP contribution in [0.2, 0.25) is 0 Å². The van der Waals surface area contributed by atoms with E-state index in [1.165, 1.54) is 0 Å². The highest BCUT2D eigenvalue weighted by Gasteiger charge is 2.31. The van der Waals surface area contributed by atoms with Gasteiger partial charge in [-0.1, -0.05) is 58.7 Å². The zero-order valence-electron chi connectivity index (χ0n) is 34.3. The van der Waals surface area contributed by atoms with Gasteiger partial charge in [0.15, 0.2) is 23.0 Å². The Morgan fingerprint density at radius 1 is 0.590 bits per heavy atom. The lowest BCUT2D eigenvalue weighted by atomic mass is 10.0. The first-order valence-corrected chi connectivity index (χ1v) is 22.3. The Morgan fingerprint density at radius 2 is 1.23 bits per heavy atom. The van der Waals surface area contributed by atoms with Crippen molar-refractivity contribution < 1.29 is 22.4 Å². The summed E-state index contributed by atoms with van der Waals surface area (Å²) in [6.45, 7) is 8.11. The maximum absolute atomic E-state index is 9.79. The average molecular weight is 837 g/mol. The second-order valence-corrected chi connectivity index (χ2v) is 16.5. The van der Waals surface area contributed by atoms with E-state index >= 15 is 0 Å². The molecule has 0 atom stereocenters. The number of fused-ring (bicyclic) bond motifs is 14. The Balaban J connectivity index is 0.000000629. The summed E-state index contributed by atoms with van der Waals surface area (Å²) >= 11 is 0. The number of unbranched alkanes of at least 4 members (excludes halogenated alkanes) is 2. The summed E-state index contributed by atoms with van der Waals surface area (Å²) in [7, 11) is -3.67. The van der Waals surface area contributed by atoms with Crippen LogP contribution in [0.4, 0.5) is 22.7 Å². The van der Waals surface area contributed by atoms with Gasteiger partial charge in [0, 0.05) is 30.4 Å². The van der Waals surface area contributed by atoms with Crippen molar-refractivity contribution in [1.82, 2.24) is 39.9 Å². The maximum atomic E-state index is 9.79. The fourth-order valence-corrected chi connectivity index (χ4v) is 8.13. The highest BCUT2D eigenvalue weighted by atomic mass is 32.2. The van der Waals surface area contributed by atoms with E-state index < -0.39 is 10.1 Å². The molecule has 0 unspecified atom stereocenters. The van der Waals surface area contributed by atoms with Crippen LogP contribution in [-0.2, 0) is 29.4 Å². The second kappa shape index (κ2) is 16.4. The minimum absolute atomic E-state index is 0.132. The summed E-state index contributed by atoms with van der Waals surface area (Å²) in [4.78, 5) is 40.2. The van der Waals surface area contributed by atoms with Crippen LogP contribution in [0.5, 0.6) is 23.0 Å². The van der Waals surface area contributed by atoms with Crippen molar-refractivity contribution in [2.45, 2.75) is 79.1 Å². The van der Waals surface area contributed by atoms with Crippen LogP contribution >= 0.6 is 0 Å². The molecule has 0 spiro atoms. The molecule has 0 fully saturated rings. The standard InChI is InChI=1S/C42H36N10O2.C3H8O3S/c1-4-7-12-23-21-46-37-34(48-23)33-35(39-41(37)53-28-17-10-9-15-25(28)49-39)52-29(26(50-33)14-8-5-2)24-13-11-16-27-40(24)54-42-36-32(47-22(6-3)20-45-36)30-31(38(42)51-27)44-19-18-43-30;1-2-3-7(4,5)6/h9-11,13,15-21,49,51H,4-8,12,14H2,1-3H3;2-3H2,1H3,(H,4,5,6). The number of rotatable bonds is 10. The number of nitrogens with zero attached hydrogens (tertiary/aromatic N) is 8. The van der Waals surface area contributed by atoms with Gasteiger partial charge in [0.1, 0.15) is 55.5 Å². The maximum Gasteiger partial charge on any atom is 0.264 e. The predicted molar refractivity (Wildman–Crippen MR) is 237 cm³/mol. The van der Waals surface area contributed by atoms with E-state index in [4.69, 9.17) is 48.9 Å². The predicted octanol–water partition coefficient (Wildman–Crippen LogP) is 10.4. The molecule has 310 valence electrons. The van der Waals surface area contributed by atoms with Crippen LogP contribution in [0.1, 0.15) is 76.9 Å². The molecule has 15 nitrogen and oxygen atoms in total. The molecule has 6 heterocycles. The summed E-state index contributed by atoms with van der Waals surface area (Å²) in [6, 6.07) is 13.9. The van der Waals surface area contributed by atoms with Crippen molar-refractivity contribution in [1.29, 1.82) is 0 Å². The second-order valence-electron chi connectivity index (χ2n) is 15.0. The Bertz CT molecular complexity index is 3130. The Kier molecular flexibility index (Phi) is 10.7. The Morgan fingerprint density at radius 3 is 1.97 bits per heavy atom. The molecule has 61 heavy (non-hydrogen) atoms. The molecular weight excluding hydrogens is 793 g/mol. The molecule has 0 radical (unpaired) electrons. The van der Waals surface area contributed by atoms with E-state index in [9.17, 15) is 8.42 Å². The van der Waals surface area contributed by atoms with Gasteiger partial charge < -0.3 is 20.1 Å². The molecule has 4 aromatic carbocycles. The molecule has 0 aliphatic carbocycles. The zero-order valence-corrected chi connectivity index (χ0v) is 35.1. The van der Waals surface area contributed by atoms with Gasteiger partial charge >= 0.3 is 0 Å². The van der Waals surface area contributed by atoms with Crippen LogP contribution in [0.15, 0.2) is 67.3 Å². The molecule has 10 rings (SSSR count). The van der Waals surface area contributed by atoms with Crippen LogP contribution in [0, 0.1) is 0 Å². The molecule has 0 saturated heterocycles. The number of nitrogens with one attached hydrogen (secondary N) is 2. The summed E-state index contributed by atoms with van der Waals surface area (Å²) in [5.41, 5.74) is 12.4. The van der Waals surface area contributed by atoms with Crippen molar-refractivity contribution >= 4 is 77.0 Å². The first-order chi connectivity index (χ1) is 29.7. The van der Waals surface area contributed by atoms with Crippen LogP contribution < -0.4 is 20.1 Å². The fourth-order valence-electron chi connectivity index (χ4n) is 7.61. The smallest absolute Gasteiger partial charge is 0.264 e. The minimum Gasteiger partial charge on any atom is -0.451 e. The molecule has 4 aromatic heterocycles. The molecule has 2 aliphatic rings. The molecule has 0 saturated carbocycles. The first-order valence-electron chi connectivity index (χ1n) is 20.7. The number of para-hydroxylation sites is 3. The van der Waals surface area contributed by atoms with E-state index in [-0.39, 0.29) is 5.75 Å². The number of ether oxygens (including phenoxy) is 2. The van der Waals surface area contributed by atoms with Gasteiger partial charge in [0.2, 0.25) is 0 Å². The summed E-state index contributed by atoms with van der Waals surface area (Å²) in [6.07, 6.45) is 13.8. The monoisotopic (exact) mass is 836 g/mol. The molecule has 0 bridgehead atoms. The third-order valence-corrected chi connectivity index (χ3v) is 11.5. The number of aryl methyl sites for hydroxylation is 3. The van der Waals surface area contributed by atoms with Gasteiger partial charge in [-0.15, -0.1) is 0 Å². The van der Waals surface area contributed by atoms with Crippen molar-refractivity contribution in [3.05, 3.63) is 84.3 Å². The zero-order chi connectivity index (χ0) is 42.3. The van der Waals surface area contributed by atoms with Crippen LogP contribution in [0.3, 0.4) is 0 Å². The van der Waals surface area contributed by atoms with E-state index in [0.717, 1.165) is 78.2 Å². The van der Waals surface area contributed by atoms with Crippen molar-refractivity contribution in [3.63, 3.8) is 0 Å². The average Bonchev–Trinajstić information content (AvgIpc) is 3.28. The van der Waals surface area contributed by atoms with E-state index in [2.05, 4.69) is 36.4 Å². The van der Waals surface area contributed by atoms with Gasteiger partial charge in [-0.2, -0.15) is 8.42 Å². The van der Waals surface area contributed by atoms with Crippen LogP contribution in [0.25, 0.3) is 55.4 Å². The lowest BCUT2D eigenvalue weighted by molar-refractivity contribution is 0.482. The minimum atomic E-state index is -3.67. The van der Waals surface area contributed by atoms with E-state index in [0.29, 0.717) is 91.3 Å². The molecule has 16 heteroatoms. The molecule has 8 aromatic rings. The molecule has 2 aliphatic heterocycles. The lowest BCUT2D eigenvalue weighted by Gasteiger charge is -2.26. The van der Waals surface area contributed by atoms with Gasteiger partial charge in [-0.05, 0) is 62.8 Å². The first kappa shape index (κ1) is 39.8. The van der Waals surface area contributed by atoms with Gasteiger partial charge in [0.05, 0.1) is 39.9 Å². The van der Waals surface area contributed by atoms with E-state index in [1.807, 2.05) is 48.7 Å².